The van der Waals surface area contributed by atoms with E-state index < -0.39 is 0 Å². The molecule has 0 unspecified atom stereocenters. The SMILES string of the molecule is C=C(OCC/C=N/NC(=S)c1ccccn1)C(C)=N/C=C\C. The smallest absolute Gasteiger partial charge is 0.145 e. The van der Waals surface area contributed by atoms with Gasteiger partial charge in [0.2, 0.25) is 0 Å². The van der Waals surface area contributed by atoms with Crippen molar-refractivity contribution in [2.75, 3.05) is 6.61 Å². The molecule has 1 heterocycles. The molecule has 1 aromatic rings. The molecular weight excluding hydrogens is 296 g/mol. The van der Waals surface area contributed by atoms with Crippen molar-refractivity contribution in [3.63, 3.8) is 0 Å². The highest BCUT2D eigenvalue weighted by molar-refractivity contribution is 7.80. The summed E-state index contributed by atoms with van der Waals surface area (Å²) in [6.45, 7) is 8.04. The topological polar surface area (TPSA) is 58.9 Å². The first-order valence-corrected chi connectivity index (χ1v) is 7.26. The molecule has 1 aromatic heterocycles. The number of aromatic nitrogens is 1. The first-order valence-electron chi connectivity index (χ1n) is 6.85. The van der Waals surface area contributed by atoms with Crippen LogP contribution in [0.15, 0.2) is 59.1 Å². The second kappa shape index (κ2) is 10.4. The van der Waals surface area contributed by atoms with Gasteiger partial charge in [-0.05, 0) is 26.0 Å². The Morgan fingerprint density at radius 1 is 1.50 bits per heavy atom. The summed E-state index contributed by atoms with van der Waals surface area (Å²) in [5.41, 5.74) is 4.21. The fraction of sp³-hybridized carbons (Fsp3) is 0.250. The minimum absolute atomic E-state index is 0.475. The molecule has 1 N–H and O–H groups in total. The molecule has 0 aliphatic heterocycles. The summed E-state index contributed by atoms with van der Waals surface area (Å²) in [5, 5.41) is 4.03. The first kappa shape index (κ1) is 17.7. The molecule has 0 saturated heterocycles. The third-order valence-corrected chi connectivity index (χ3v) is 2.80. The summed E-state index contributed by atoms with van der Waals surface area (Å²) in [7, 11) is 0. The Labute approximate surface area is 136 Å². The van der Waals surface area contributed by atoms with Crippen molar-refractivity contribution >= 4 is 29.1 Å². The van der Waals surface area contributed by atoms with E-state index >= 15 is 0 Å². The molecule has 5 nitrogen and oxygen atoms in total. The van der Waals surface area contributed by atoms with Crippen LogP contribution >= 0.6 is 12.2 Å². The maximum absolute atomic E-state index is 5.47. The molecule has 0 atom stereocenters. The average molecular weight is 316 g/mol. The number of hydrogen-bond donors (Lipinski definition) is 1. The Balaban J connectivity index is 2.24. The molecule has 6 heteroatoms. The molecule has 0 spiro atoms. The number of allylic oxidation sites excluding steroid dienone is 2. The summed E-state index contributed by atoms with van der Waals surface area (Å²) >= 11 is 5.16. The third kappa shape index (κ3) is 6.90. The highest BCUT2D eigenvalue weighted by atomic mass is 32.1. The van der Waals surface area contributed by atoms with Crippen molar-refractivity contribution < 1.29 is 4.74 Å². The zero-order chi connectivity index (χ0) is 16.2. The molecule has 0 aliphatic carbocycles. The highest BCUT2D eigenvalue weighted by Gasteiger charge is 1.99. The second-order valence-corrected chi connectivity index (χ2v) is 4.63. The van der Waals surface area contributed by atoms with E-state index in [0.29, 0.717) is 29.5 Å². The summed E-state index contributed by atoms with van der Waals surface area (Å²) in [6.07, 6.45) is 7.56. The maximum Gasteiger partial charge on any atom is 0.145 e. The Bertz CT molecular complexity index is 579. The summed E-state index contributed by atoms with van der Waals surface area (Å²) in [5.74, 6) is 0.559. The molecule has 0 radical (unpaired) electrons. The third-order valence-electron chi connectivity index (χ3n) is 2.50. The van der Waals surface area contributed by atoms with Crippen LogP contribution in [0.4, 0.5) is 0 Å². The Morgan fingerprint density at radius 2 is 2.32 bits per heavy atom. The van der Waals surface area contributed by atoms with Gasteiger partial charge in [0.1, 0.15) is 10.7 Å². The van der Waals surface area contributed by atoms with Gasteiger partial charge < -0.3 is 4.74 Å². The van der Waals surface area contributed by atoms with Crippen LogP contribution < -0.4 is 5.43 Å². The molecule has 0 aromatic carbocycles. The van der Waals surface area contributed by atoms with E-state index in [1.165, 1.54) is 0 Å². The lowest BCUT2D eigenvalue weighted by Crippen LogP contribution is -2.17. The predicted octanol–water partition coefficient (Wildman–Crippen LogP) is 3.25. The number of ether oxygens (including phenoxy) is 1. The first-order chi connectivity index (χ1) is 10.6. The normalized spacial score (nSPS) is 11.8. The zero-order valence-electron chi connectivity index (χ0n) is 12.8. The van der Waals surface area contributed by atoms with Crippen molar-refractivity contribution in [2.24, 2.45) is 10.1 Å². The number of pyridine rings is 1. The zero-order valence-corrected chi connectivity index (χ0v) is 13.6. The minimum Gasteiger partial charge on any atom is -0.492 e. The van der Waals surface area contributed by atoms with Crippen molar-refractivity contribution in [2.45, 2.75) is 20.3 Å². The molecular formula is C16H20N4OS. The van der Waals surface area contributed by atoms with E-state index in [9.17, 15) is 0 Å². The lowest BCUT2D eigenvalue weighted by molar-refractivity contribution is 0.242. The van der Waals surface area contributed by atoms with E-state index in [1.807, 2.05) is 38.1 Å². The Morgan fingerprint density at radius 3 is 3.00 bits per heavy atom. The van der Waals surface area contributed by atoms with E-state index in [4.69, 9.17) is 17.0 Å². The van der Waals surface area contributed by atoms with Crippen LogP contribution in [0.3, 0.4) is 0 Å². The summed E-state index contributed by atoms with van der Waals surface area (Å²) in [4.78, 5) is 8.77. The average Bonchev–Trinajstić information content (AvgIpc) is 2.56. The lowest BCUT2D eigenvalue weighted by atomic mass is 10.3. The van der Waals surface area contributed by atoms with Crippen LogP contribution in [-0.4, -0.2) is 28.5 Å². The lowest BCUT2D eigenvalue weighted by Gasteiger charge is -2.06. The van der Waals surface area contributed by atoms with Crippen LogP contribution in [0.1, 0.15) is 26.0 Å². The van der Waals surface area contributed by atoms with Gasteiger partial charge in [-0.1, -0.05) is 30.9 Å². The molecule has 0 fully saturated rings. The molecule has 116 valence electrons. The van der Waals surface area contributed by atoms with Crippen LogP contribution in [0.2, 0.25) is 0 Å². The summed E-state index contributed by atoms with van der Waals surface area (Å²) in [6, 6.07) is 5.53. The van der Waals surface area contributed by atoms with E-state index in [-0.39, 0.29) is 0 Å². The van der Waals surface area contributed by atoms with E-state index in [1.54, 1.807) is 18.6 Å². The minimum atomic E-state index is 0.475. The van der Waals surface area contributed by atoms with Gasteiger partial charge in [-0.25, -0.2) is 0 Å². The fourth-order valence-corrected chi connectivity index (χ4v) is 1.49. The molecule has 0 saturated carbocycles. The van der Waals surface area contributed by atoms with Gasteiger partial charge in [-0.3, -0.25) is 15.4 Å². The number of nitrogens with zero attached hydrogens (tertiary/aromatic N) is 3. The Kier molecular flexibility index (Phi) is 8.37. The van der Waals surface area contributed by atoms with Crippen LogP contribution in [0.25, 0.3) is 0 Å². The second-order valence-electron chi connectivity index (χ2n) is 4.22. The Hall–Kier alpha value is -2.34. The number of hydrogen-bond acceptors (Lipinski definition) is 5. The number of hydrazone groups is 1. The van der Waals surface area contributed by atoms with Crippen LogP contribution in [-0.2, 0) is 4.74 Å². The molecule has 22 heavy (non-hydrogen) atoms. The monoisotopic (exact) mass is 316 g/mol. The van der Waals surface area contributed by atoms with Crippen molar-refractivity contribution in [3.05, 3.63) is 54.7 Å². The van der Waals surface area contributed by atoms with Crippen molar-refractivity contribution in [3.8, 4) is 0 Å². The number of nitrogens with one attached hydrogen (secondary N) is 1. The number of thiocarbonyl (C=S) groups is 1. The van der Waals surface area contributed by atoms with Crippen molar-refractivity contribution in [1.82, 2.24) is 10.4 Å². The van der Waals surface area contributed by atoms with Gasteiger partial charge in [0.25, 0.3) is 0 Å². The highest BCUT2D eigenvalue weighted by Crippen LogP contribution is 1.99. The van der Waals surface area contributed by atoms with Gasteiger partial charge in [0, 0.05) is 25.0 Å². The van der Waals surface area contributed by atoms with E-state index in [2.05, 4.69) is 27.1 Å². The van der Waals surface area contributed by atoms with Gasteiger partial charge in [0.15, 0.2) is 0 Å². The largest absolute Gasteiger partial charge is 0.492 e. The molecule has 0 aliphatic rings. The number of rotatable bonds is 8. The fourth-order valence-electron chi connectivity index (χ4n) is 1.32. The van der Waals surface area contributed by atoms with Gasteiger partial charge >= 0.3 is 0 Å². The summed E-state index contributed by atoms with van der Waals surface area (Å²) < 4.78 is 5.47. The van der Waals surface area contributed by atoms with Crippen LogP contribution in [0, 0.1) is 0 Å². The van der Waals surface area contributed by atoms with Gasteiger partial charge in [-0.2, -0.15) is 5.10 Å². The molecule has 1 rings (SSSR count). The maximum atomic E-state index is 5.47. The quantitative estimate of drug-likeness (QED) is 0.263. The predicted molar refractivity (Wildman–Crippen MR) is 95.2 cm³/mol. The standard InChI is InChI=1S/C16H20N4OS/c1-4-9-17-13(2)14(3)21-12-7-11-19-20-16(22)15-8-5-6-10-18-15/h4-6,8-11H,3,7,12H2,1-2H3,(H,20,22)/b9-4-,17-13?,19-11+. The van der Waals surface area contributed by atoms with Crippen molar-refractivity contribution in [1.29, 1.82) is 0 Å². The van der Waals surface area contributed by atoms with Gasteiger partial charge in [0.05, 0.1) is 18.0 Å². The van der Waals surface area contributed by atoms with Crippen LogP contribution in [0.5, 0.6) is 0 Å². The number of aliphatic imine (C=N–C) groups is 1. The molecule has 0 amide bonds. The molecule has 0 bridgehead atoms. The van der Waals surface area contributed by atoms with E-state index in [0.717, 1.165) is 5.71 Å². The van der Waals surface area contributed by atoms with Gasteiger partial charge in [-0.15, -0.1) is 0 Å².